The smallest absolute Gasteiger partial charge is 0.0622 e. The summed E-state index contributed by atoms with van der Waals surface area (Å²) in [5, 5.41) is 2.63. The molecular formula is C91H81NS. The lowest BCUT2D eigenvalue weighted by molar-refractivity contribution is 0.569. The van der Waals surface area contributed by atoms with Crippen LogP contribution in [0, 0.1) is 0 Å². The Hall–Kier alpha value is -9.34. The summed E-state index contributed by atoms with van der Waals surface area (Å²) in [7, 11) is 0. The van der Waals surface area contributed by atoms with Gasteiger partial charge in [0.25, 0.3) is 0 Å². The van der Waals surface area contributed by atoms with Crippen molar-refractivity contribution in [1.82, 2.24) is 0 Å². The molecule has 1 nitrogen and oxygen atoms in total. The molecule has 93 heavy (non-hydrogen) atoms. The maximum atomic E-state index is 2.79. The van der Waals surface area contributed by atoms with E-state index in [-0.39, 0.29) is 33.5 Å². The van der Waals surface area contributed by atoms with Crippen molar-refractivity contribution in [3.05, 3.63) is 315 Å². The van der Waals surface area contributed by atoms with Crippen LogP contribution in [0.15, 0.2) is 249 Å². The number of hydrogen-bond donors (Lipinski definition) is 0. The van der Waals surface area contributed by atoms with E-state index in [9.17, 15) is 0 Å². The highest BCUT2D eigenvalue weighted by molar-refractivity contribution is 7.26. The van der Waals surface area contributed by atoms with Crippen molar-refractivity contribution in [1.29, 1.82) is 0 Å². The third kappa shape index (κ3) is 9.77. The monoisotopic (exact) mass is 1220 g/mol. The molecule has 2 heteroatoms. The average molecular weight is 1220 g/mol. The molecule has 0 amide bonds. The zero-order chi connectivity index (χ0) is 64.0. The van der Waals surface area contributed by atoms with Gasteiger partial charge >= 0.3 is 0 Å². The summed E-state index contributed by atoms with van der Waals surface area (Å²) in [5.41, 5.74) is 34.6. The normalized spacial score (nSPS) is 15.0. The second-order valence-electron chi connectivity index (χ2n) is 30.8. The van der Waals surface area contributed by atoms with Gasteiger partial charge in [0.05, 0.1) is 17.1 Å². The van der Waals surface area contributed by atoms with Crippen LogP contribution in [-0.4, -0.2) is 0 Å². The lowest BCUT2D eigenvalue weighted by Crippen LogP contribution is -2.31. The second-order valence-corrected chi connectivity index (χ2v) is 31.9. The zero-order valence-corrected chi connectivity index (χ0v) is 56.7. The SMILES string of the molecule is CC(C)(C)c1cc(-c2ccc3c(c2)C2c4cc(C(C)(C)C)ccc4N(c4c(-c5ccccc5)cc5c(c4-c4ccccc4)Cc4ccccc4-5)c4cc(C(C)(C)C)cc(c42)C3c2c(-c3ccccc3)cc3sc4ccccc4c3c2-c2ccccc2)cc(C(C)(C)C)c1. The Balaban J connectivity index is 1.12. The Morgan fingerprint density at radius 1 is 0.323 bits per heavy atom. The fourth-order valence-electron chi connectivity index (χ4n) is 15.8. The van der Waals surface area contributed by atoms with E-state index in [4.69, 9.17) is 0 Å². The van der Waals surface area contributed by atoms with Gasteiger partial charge in [-0.25, -0.2) is 0 Å². The molecule has 1 aromatic heterocycles. The Bertz CT molecular complexity index is 5100. The van der Waals surface area contributed by atoms with Crippen molar-refractivity contribution in [2.45, 2.75) is 123 Å². The number of thiophene rings is 1. The molecule has 0 saturated heterocycles. The molecule has 0 fully saturated rings. The molecule has 0 spiro atoms. The van der Waals surface area contributed by atoms with Crippen LogP contribution in [0.3, 0.4) is 0 Å². The van der Waals surface area contributed by atoms with Gasteiger partial charge in [-0.2, -0.15) is 0 Å². The Morgan fingerprint density at radius 3 is 1.49 bits per heavy atom. The predicted octanol–water partition coefficient (Wildman–Crippen LogP) is 25.6. The van der Waals surface area contributed by atoms with Gasteiger partial charge in [-0.05, 0) is 187 Å². The summed E-state index contributed by atoms with van der Waals surface area (Å²) < 4.78 is 2.60. The molecule has 1 aliphatic heterocycles. The summed E-state index contributed by atoms with van der Waals surface area (Å²) in [6, 6.07) is 97.0. The van der Waals surface area contributed by atoms with Crippen LogP contribution in [0.1, 0.15) is 162 Å². The highest BCUT2D eigenvalue weighted by Gasteiger charge is 2.46. The fourth-order valence-corrected chi connectivity index (χ4v) is 16.9. The molecule has 456 valence electrons. The molecule has 2 heterocycles. The van der Waals surface area contributed by atoms with E-state index in [0.29, 0.717) is 0 Å². The topological polar surface area (TPSA) is 3.24 Å². The Kier molecular flexibility index (Phi) is 13.7. The number of fused-ring (bicyclic) bond motifs is 10. The molecule has 2 unspecified atom stereocenters. The predicted molar refractivity (Wildman–Crippen MR) is 399 cm³/mol. The minimum Gasteiger partial charge on any atom is -0.309 e. The fraction of sp³-hybridized carbons (Fsp3) is 0.209. The van der Waals surface area contributed by atoms with Gasteiger partial charge in [-0.3, -0.25) is 0 Å². The quantitative estimate of drug-likeness (QED) is 0.154. The number of anilines is 3. The number of rotatable bonds is 7. The van der Waals surface area contributed by atoms with Gasteiger partial charge in [0.1, 0.15) is 0 Å². The Morgan fingerprint density at radius 2 is 0.860 bits per heavy atom. The molecule has 2 atom stereocenters. The number of benzene rings is 12. The first-order valence-corrected chi connectivity index (χ1v) is 34.4. The van der Waals surface area contributed by atoms with Gasteiger partial charge in [0.15, 0.2) is 0 Å². The summed E-state index contributed by atoms with van der Waals surface area (Å²) in [6.45, 7) is 28.7. The van der Waals surface area contributed by atoms with Crippen molar-refractivity contribution < 1.29 is 0 Å². The van der Waals surface area contributed by atoms with Crippen LogP contribution in [0.25, 0.3) is 86.9 Å². The molecule has 0 radical (unpaired) electrons. The van der Waals surface area contributed by atoms with Crippen LogP contribution in [0.4, 0.5) is 17.1 Å². The summed E-state index contributed by atoms with van der Waals surface area (Å²) >= 11 is 1.92. The van der Waals surface area contributed by atoms with Gasteiger partial charge in [-0.1, -0.05) is 295 Å². The van der Waals surface area contributed by atoms with E-state index in [2.05, 4.69) is 337 Å². The first-order valence-electron chi connectivity index (χ1n) is 33.6. The second kappa shape index (κ2) is 21.6. The van der Waals surface area contributed by atoms with Crippen molar-refractivity contribution in [3.63, 3.8) is 0 Å². The van der Waals surface area contributed by atoms with E-state index < -0.39 is 0 Å². The summed E-state index contributed by atoms with van der Waals surface area (Å²) in [5.74, 6) is -0.353. The highest BCUT2D eigenvalue weighted by Crippen LogP contribution is 2.65. The lowest BCUT2D eigenvalue weighted by atomic mass is 9.62. The maximum absolute atomic E-state index is 2.79. The molecule has 3 aliphatic rings. The maximum Gasteiger partial charge on any atom is 0.0622 e. The van der Waals surface area contributed by atoms with Gasteiger partial charge < -0.3 is 4.90 Å². The van der Waals surface area contributed by atoms with Crippen LogP contribution in [-0.2, 0) is 28.1 Å². The standard InChI is InChI=1S/C91H81NS/c1-88(2,3)62-42-44-76-74(50-62)83-72-47-59(61-45-63(89(4,5)6)49-64(46-61)90(7,8)9)41-43-67(72)82(86-69(55-29-17-13-18-30-55)54-79-85(68-39-27-28-40-78(68)93-79)81(86)58-35-23-16-24-36-58)75-51-65(91(10,11)12)52-77(84(75)83)92(76)87-70(56-31-19-14-20-32-56)53-71-66-38-26-25-37-60(66)48-73(71)80(87)57-33-21-15-22-34-57/h13-47,49-54,82-83H,48H2,1-12H3. The third-order valence-electron chi connectivity index (χ3n) is 20.6. The zero-order valence-electron chi connectivity index (χ0n) is 55.9. The van der Waals surface area contributed by atoms with E-state index in [1.807, 2.05) is 11.3 Å². The first-order chi connectivity index (χ1) is 44.7. The van der Waals surface area contributed by atoms with E-state index in [1.54, 1.807) is 0 Å². The molecule has 13 aromatic rings. The van der Waals surface area contributed by atoms with Crippen molar-refractivity contribution in [2.75, 3.05) is 4.90 Å². The lowest BCUT2D eigenvalue weighted by Gasteiger charge is -2.46. The molecule has 0 bridgehead atoms. The molecule has 12 aromatic carbocycles. The summed E-state index contributed by atoms with van der Waals surface area (Å²) in [4.78, 5) is 2.79. The first kappa shape index (κ1) is 58.7. The van der Waals surface area contributed by atoms with E-state index in [1.165, 1.54) is 171 Å². The molecule has 16 rings (SSSR count). The molecular weight excluding hydrogens is 1140 g/mol. The van der Waals surface area contributed by atoms with Crippen molar-refractivity contribution in [3.8, 4) is 66.8 Å². The Labute approximate surface area is 555 Å². The van der Waals surface area contributed by atoms with Crippen LogP contribution >= 0.6 is 11.3 Å². The van der Waals surface area contributed by atoms with Crippen LogP contribution < -0.4 is 4.90 Å². The third-order valence-corrected chi connectivity index (χ3v) is 21.8. The molecule has 0 N–H and O–H groups in total. The average Bonchev–Trinajstić information content (AvgIpc) is 1.50. The van der Waals surface area contributed by atoms with Crippen molar-refractivity contribution >= 4 is 48.6 Å². The van der Waals surface area contributed by atoms with Crippen LogP contribution in [0.2, 0.25) is 0 Å². The minimum absolute atomic E-state index is 0.0628. The van der Waals surface area contributed by atoms with Gasteiger partial charge in [-0.15, -0.1) is 11.3 Å². The van der Waals surface area contributed by atoms with Gasteiger partial charge in [0, 0.05) is 43.1 Å². The van der Waals surface area contributed by atoms with E-state index in [0.717, 1.165) is 6.42 Å². The molecule has 2 aliphatic carbocycles. The molecule has 0 saturated carbocycles. The highest BCUT2D eigenvalue weighted by atomic mass is 32.1. The van der Waals surface area contributed by atoms with Gasteiger partial charge in [0.2, 0.25) is 0 Å². The number of hydrogen-bond acceptors (Lipinski definition) is 2. The van der Waals surface area contributed by atoms with E-state index >= 15 is 0 Å². The number of nitrogens with zero attached hydrogens (tertiary/aromatic N) is 1. The van der Waals surface area contributed by atoms with Crippen molar-refractivity contribution in [2.24, 2.45) is 0 Å². The van der Waals surface area contributed by atoms with Crippen LogP contribution in [0.5, 0.6) is 0 Å². The largest absolute Gasteiger partial charge is 0.309 e. The minimum atomic E-state index is -0.247. The summed E-state index contributed by atoms with van der Waals surface area (Å²) in [6.07, 6.45) is 0.847.